The van der Waals surface area contributed by atoms with Crippen molar-refractivity contribution in [2.75, 3.05) is 19.6 Å². The highest BCUT2D eigenvalue weighted by Gasteiger charge is 2.27. The third-order valence-corrected chi connectivity index (χ3v) is 3.37. The van der Waals surface area contributed by atoms with Crippen molar-refractivity contribution in [1.29, 1.82) is 0 Å². The van der Waals surface area contributed by atoms with Crippen LogP contribution in [0.4, 0.5) is 0 Å². The van der Waals surface area contributed by atoms with E-state index >= 15 is 0 Å². The monoisotopic (exact) mass is 262 g/mol. The van der Waals surface area contributed by atoms with Crippen molar-refractivity contribution in [3.8, 4) is 0 Å². The van der Waals surface area contributed by atoms with Crippen LogP contribution < -0.4 is 5.73 Å². The van der Waals surface area contributed by atoms with Gasteiger partial charge in [0, 0.05) is 18.7 Å². The van der Waals surface area contributed by atoms with Crippen molar-refractivity contribution >= 4 is 5.91 Å². The molecule has 4 nitrogen and oxygen atoms in total. The van der Waals surface area contributed by atoms with Crippen LogP contribution in [0.2, 0.25) is 0 Å². The topological polar surface area (TPSA) is 55.6 Å². The van der Waals surface area contributed by atoms with Crippen LogP contribution >= 0.6 is 0 Å². The molecule has 1 heterocycles. The number of nitrogens with zero attached hydrogens (tertiary/aromatic N) is 1. The van der Waals surface area contributed by atoms with Crippen LogP contribution in [-0.4, -0.2) is 42.6 Å². The largest absolute Gasteiger partial charge is 0.372 e. The molecule has 2 N–H and O–H groups in total. The van der Waals surface area contributed by atoms with Crippen LogP contribution in [0.3, 0.4) is 0 Å². The van der Waals surface area contributed by atoms with Gasteiger partial charge in [-0.15, -0.1) is 0 Å². The van der Waals surface area contributed by atoms with Crippen LogP contribution in [0.15, 0.2) is 24.3 Å². The molecule has 0 aromatic heterocycles. The van der Waals surface area contributed by atoms with E-state index in [1.165, 1.54) is 0 Å². The van der Waals surface area contributed by atoms with Gasteiger partial charge >= 0.3 is 0 Å². The summed E-state index contributed by atoms with van der Waals surface area (Å²) in [4.78, 5) is 14.5. The number of ether oxygens (including phenoxy) is 1. The molecule has 0 saturated carbocycles. The molecule has 2 rings (SSSR count). The fourth-order valence-corrected chi connectivity index (χ4v) is 2.62. The number of hydrogen-bond acceptors (Lipinski definition) is 3. The SMILES string of the molecule is CC1CN(C(=O)c2ccccc2CCN)CC(C)O1. The van der Waals surface area contributed by atoms with Crippen molar-refractivity contribution in [2.24, 2.45) is 5.73 Å². The van der Waals surface area contributed by atoms with Crippen LogP contribution in [0, 0.1) is 0 Å². The Morgan fingerprint density at radius 2 is 1.95 bits per heavy atom. The third kappa shape index (κ3) is 3.33. The number of carbonyl (C=O) groups excluding carboxylic acids is 1. The van der Waals surface area contributed by atoms with E-state index in [1.807, 2.05) is 43.0 Å². The number of rotatable bonds is 3. The molecule has 1 amide bonds. The number of benzene rings is 1. The molecule has 19 heavy (non-hydrogen) atoms. The highest BCUT2D eigenvalue weighted by atomic mass is 16.5. The molecule has 4 heteroatoms. The number of hydrogen-bond donors (Lipinski definition) is 1. The lowest BCUT2D eigenvalue weighted by molar-refractivity contribution is -0.0586. The first kappa shape index (κ1) is 14.0. The smallest absolute Gasteiger partial charge is 0.254 e. The summed E-state index contributed by atoms with van der Waals surface area (Å²) in [5.41, 5.74) is 7.41. The summed E-state index contributed by atoms with van der Waals surface area (Å²) in [6.45, 7) is 5.87. The normalized spacial score (nSPS) is 23.4. The van der Waals surface area contributed by atoms with Gasteiger partial charge in [0.2, 0.25) is 0 Å². The predicted octanol–water partition coefficient (Wildman–Crippen LogP) is 1.44. The van der Waals surface area contributed by atoms with Crippen LogP contribution in [0.1, 0.15) is 29.8 Å². The van der Waals surface area contributed by atoms with E-state index in [0.29, 0.717) is 19.6 Å². The van der Waals surface area contributed by atoms with Gasteiger partial charge in [0.25, 0.3) is 5.91 Å². The van der Waals surface area contributed by atoms with Gasteiger partial charge in [-0.2, -0.15) is 0 Å². The number of carbonyl (C=O) groups is 1. The first-order valence-electron chi connectivity index (χ1n) is 6.84. The minimum absolute atomic E-state index is 0.0889. The van der Waals surface area contributed by atoms with Gasteiger partial charge < -0.3 is 15.4 Å². The van der Waals surface area contributed by atoms with E-state index in [-0.39, 0.29) is 18.1 Å². The van der Waals surface area contributed by atoms with E-state index in [4.69, 9.17) is 10.5 Å². The van der Waals surface area contributed by atoms with Gasteiger partial charge in [0.15, 0.2) is 0 Å². The molecule has 1 saturated heterocycles. The van der Waals surface area contributed by atoms with Gasteiger partial charge in [0.1, 0.15) is 0 Å². The zero-order chi connectivity index (χ0) is 13.8. The maximum Gasteiger partial charge on any atom is 0.254 e. The van der Waals surface area contributed by atoms with Crippen LogP contribution in [0.25, 0.3) is 0 Å². The molecular weight excluding hydrogens is 240 g/mol. The van der Waals surface area contributed by atoms with Crippen LogP contribution in [0.5, 0.6) is 0 Å². The number of nitrogens with two attached hydrogens (primary N) is 1. The highest BCUT2D eigenvalue weighted by Crippen LogP contribution is 2.17. The summed E-state index contributed by atoms with van der Waals surface area (Å²) >= 11 is 0. The predicted molar refractivity (Wildman–Crippen MR) is 75.1 cm³/mol. The standard InChI is InChI=1S/C15H22N2O2/c1-11-9-17(10-12(2)19-11)15(18)14-6-4-3-5-13(14)7-8-16/h3-6,11-12H,7-10,16H2,1-2H3. The second kappa shape index (κ2) is 6.17. The molecular formula is C15H22N2O2. The van der Waals surface area contributed by atoms with Gasteiger partial charge in [0.05, 0.1) is 12.2 Å². The Bertz CT molecular complexity index is 438. The Kier molecular flexibility index (Phi) is 4.56. The zero-order valence-electron chi connectivity index (χ0n) is 11.6. The second-order valence-corrected chi connectivity index (χ2v) is 5.16. The minimum Gasteiger partial charge on any atom is -0.372 e. The molecule has 2 unspecified atom stereocenters. The molecule has 0 spiro atoms. The van der Waals surface area contributed by atoms with Gasteiger partial charge in [-0.3, -0.25) is 4.79 Å². The summed E-state index contributed by atoms with van der Waals surface area (Å²) < 4.78 is 5.67. The number of morpholine rings is 1. The lowest BCUT2D eigenvalue weighted by atomic mass is 10.0. The van der Waals surface area contributed by atoms with Crippen molar-refractivity contribution in [3.05, 3.63) is 35.4 Å². The summed E-state index contributed by atoms with van der Waals surface area (Å²) in [7, 11) is 0. The Labute approximate surface area is 114 Å². The third-order valence-electron chi connectivity index (χ3n) is 3.37. The minimum atomic E-state index is 0.0889. The van der Waals surface area contributed by atoms with E-state index in [1.54, 1.807) is 0 Å². The van der Waals surface area contributed by atoms with Gasteiger partial charge in [-0.05, 0) is 38.4 Å². The molecule has 1 aliphatic heterocycles. The Morgan fingerprint density at radius 3 is 2.58 bits per heavy atom. The van der Waals surface area contributed by atoms with Crippen molar-refractivity contribution < 1.29 is 9.53 Å². The van der Waals surface area contributed by atoms with Crippen molar-refractivity contribution in [3.63, 3.8) is 0 Å². The Balaban J connectivity index is 2.19. The van der Waals surface area contributed by atoms with Crippen LogP contribution in [-0.2, 0) is 11.2 Å². The van der Waals surface area contributed by atoms with E-state index < -0.39 is 0 Å². The average Bonchev–Trinajstić information content (AvgIpc) is 2.38. The summed E-state index contributed by atoms with van der Waals surface area (Å²) in [5.74, 6) is 0.0889. The molecule has 0 aliphatic carbocycles. The van der Waals surface area contributed by atoms with E-state index in [9.17, 15) is 4.79 Å². The van der Waals surface area contributed by atoms with Crippen molar-refractivity contribution in [1.82, 2.24) is 4.90 Å². The first-order chi connectivity index (χ1) is 9.11. The molecule has 1 aromatic carbocycles. The molecule has 1 fully saturated rings. The lowest BCUT2D eigenvalue weighted by Crippen LogP contribution is -2.48. The quantitative estimate of drug-likeness (QED) is 0.896. The molecule has 0 radical (unpaired) electrons. The average molecular weight is 262 g/mol. The Hall–Kier alpha value is -1.39. The maximum absolute atomic E-state index is 12.6. The van der Waals surface area contributed by atoms with E-state index in [2.05, 4.69) is 0 Å². The number of amides is 1. The summed E-state index contributed by atoms with van der Waals surface area (Å²) in [6.07, 6.45) is 0.918. The molecule has 0 bridgehead atoms. The Morgan fingerprint density at radius 1 is 1.32 bits per heavy atom. The zero-order valence-corrected chi connectivity index (χ0v) is 11.6. The summed E-state index contributed by atoms with van der Waals surface area (Å²) in [5, 5.41) is 0. The highest BCUT2D eigenvalue weighted by molar-refractivity contribution is 5.95. The fraction of sp³-hybridized carbons (Fsp3) is 0.533. The summed E-state index contributed by atoms with van der Waals surface area (Å²) in [6, 6.07) is 7.72. The lowest BCUT2D eigenvalue weighted by Gasteiger charge is -2.35. The maximum atomic E-state index is 12.6. The van der Waals surface area contributed by atoms with Crippen molar-refractivity contribution in [2.45, 2.75) is 32.5 Å². The van der Waals surface area contributed by atoms with Gasteiger partial charge in [-0.25, -0.2) is 0 Å². The second-order valence-electron chi connectivity index (χ2n) is 5.16. The molecule has 1 aromatic rings. The molecule has 104 valence electrons. The molecule has 1 aliphatic rings. The first-order valence-corrected chi connectivity index (χ1v) is 6.84. The fourth-order valence-electron chi connectivity index (χ4n) is 2.62. The van der Waals surface area contributed by atoms with Gasteiger partial charge in [-0.1, -0.05) is 18.2 Å². The van der Waals surface area contributed by atoms with E-state index in [0.717, 1.165) is 17.5 Å². The molecule has 2 atom stereocenters.